The van der Waals surface area contributed by atoms with Gasteiger partial charge in [0.1, 0.15) is 52.4 Å². The average Bonchev–Trinajstić information content (AvgIpc) is 1.55. The maximum atomic E-state index is 14.9. The molecule has 5 saturated heterocycles. The summed E-state index contributed by atoms with van der Waals surface area (Å²) in [5, 5.41) is 43.1. The summed E-state index contributed by atoms with van der Waals surface area (Å²) in [6.07, 6.45) is -1.20. The molecule has 5 fully saturated rings. The van der Waals surface area contributed by atoms with Crippen molar-refractivity contribution in [3.05, 3.63) is 122 Å². The second-order valence-electron chi connectivity index (χ2n) is 28.6. The monoisotopic (exact) mass is 1650 g/mol. The Kier molecular flexibility index (Phi) is 33.2. The van der Waals surface area contributed by atoms with Gasteiger partial charge in [0.25, 0.3) is 0 Å². The first kappa shape index (κ1) is 88.0. The van der Waals surface area contributed by atoms with Crippen LogP contribution in [0.3, 0.4) is 0 Å². The second kappa shape index (κ2) is 40.7. The second-order valence-corrected chi connectivity index (χ2v) is 29.8. The molecule has 3 aromatic carbocycles. The molecule has 0 radical (unpaired) electrons. The summed E-state index contributed by atoms with van der Waals surface area (Å²) in [7, 11) is -0.502. The Morgan fingerprint density at radius 3 is 1.48 bits per heavy atom. The van der Waals surface area contributed by atoms with Crippen LogP contribution in [0.1, 0.15) is 91.3 Å². The summed E-state index contributed by atoms with van der Waals surface area (Å²) in [6.45, 7) is 32.5. The number of pyridine rings is 3. The highest BCUT2D eigenvalue weighted by atomic mass is 127. The summed E-state index contributed by atoms with van der Waals surface area (Å²) in [5.41, 5.74) is 18.0. The Labute approximate surface area is 650 Å². The van der Waals surface area contributed by atoms with Gasteiger partial charge in [-0.1, -0.05) is 25.0 Å². The molecule has 12 rings (SSSR count). The zero-order valence-electron chi connectivity index (χ0n) is 63.6. The molecule has 6 aromatic rings. The van der Waals surface area contributed by atoms with Gasteiger partial charge >= 0.3 is 19.3 Å². The number of aryl methyl sites for hydroxylation is 3. The van der Waals surface area contributed by atoms with Crippen molar-refractivity contribution < 1.29 is 70.0 Å². The van der Waals surface area contributed by atoms with Crippen molar-refractivity contribution in [2.45, 2.75) is 131 Å². The number of rotatable bonds is 18. The van der Waals surface area contributed by atoms with Crippen LogP contribution in [0.15, 0.2) is 84.4 Å². The van der Waals surface area contributed by atoms with Crippen LogP contribution < -0.4 is 58.2 Å². The molecule has 0 unspecified atom stereocenters. The molecule has 0 bridgehead atoms. The Hall–Kier alpha value is -7.18. The largest absolute Gasteiger partial charge is 0.495 e. The van der Waals surface area contributed by atoms with E-state index in [-0.39, 0.29) is 73.4 Å². The van der Waals surface area contributed by atoms with Crippen LogP contribution in [0.25, 0.3) is 22.3 Å². The summed E-state index contributed by atoms with van der Waals surface area (Å²) in [6, 6.07) is 20.5. The van der Waals surface area contributed by atoms with Gasteiger partial charge in [-0.25, -0.2) is 32.9 Å². The number of nitrogens with two attached hydrogens (primary N) is 2. The molecule has 4 atom stereocenters. The number of alkyl halides is 3. The fraction of sp³-hybridized carbons (Fsp3) is 0.526. The van der Waals surface area contributed by atoms with E-state index in [2.05, 4.69) is 86.8 Å². The Morgan fingerprint density at radius 1 is 0.630 bits per heavy atom. The van der Waals surface area contributed by atoms with Gasteiger partial charge in [-0.15, -0.1) is 12.4 Å². The van der Waals surface area contributed by atoms with E-state index in [1.165, 1.54) is 18.2 Å². The highest BCUT2D eigenvalue weighted by Crippen LogP contribution is 2.39. The zero-order chi connectivity index (χ0) is 77.9. The van der Waals surface area contributed by atoms with Gasteiger partial charge in [0.05, 0.1) is 94.1 Å². The number of amides is 2. The van der Waals surface area contributed by atoms with Crippen LogP contribution >= 0.6 is 35.0 Å². The van der Waals surface area contributed by atoms with Gasteiger partial charge in [-0.05, 0) is 221 Å². The molecule has 0 aliphatic carbocycles. The van der Waals surface area contributed by atoms with Crippen molar-refractivity contribution >= 4 is 106 Å². The summed E-state index contributed by atoms with van der Waals surface area (Å²) in [5.74, 6) is 3.89. The summed E-state index contributed by atoms with van der Waals surface area (Å²) >= 11 is 2.29. The smallest absolute Gasteiger partial charge is 0.399 e. The van der Waals surface area contributed by atoms with Gasteiger partial charge < -0.3 is 96.5 Å². The Bertz CT molecular complexity index is 3940. The van der Waals surface area contributed by atoms with Gasteiger partial charge in [0.2, 0.25) is 0 Å². The number of carbonyl (C=O) groups is 1. The van der Waals surface area contributed by atoms with Gasteiger partial charge in [0.15, 0.2) is 0 Å². The molecule has 2 amide bonds. The quantitative estimate of drug-likeness (QED) is 0.0126. The number of morpholine rings is 3. The minimum absolute atomic E-state index is 0. The molecule has 23 nitrogen and oxygen atoms in total. The predicted octanol–water partition coefficient (Wildman–Crippen LogP) is 11.7. The number of aliphatic hydroxyl groups excluding tert-OH is 3. The highest BCUT2D eigenvalue weighted by molar-refractivity contribution is 14.1. The molecule has 32 heteroatoms. The minimum atomic E-state index is -4.04. The number of likely N-dealkylation sites (tertiary alicyclic amines) is 1. The highest BCUT2D eigenvalue weighted by Gasteiger charge is 2.52. The first-order chi connectivity index (χ1) is 50.7. The third kappa shape index (κ3) is 25.4. The van der Waals surface area contributed by atoms with Gasteiger partial charge in [-0.2, -0.15) is 13.2 Å². The van der Waals surface area contributed by atoms with E-state index in [0.29, 0.717) is 75.7 Å². The van der Waals surface area contributed by atoms with E-state index in [0.717, 1.165) is 137 Å². The van der Waals surface area contributed by atoms with E-state index in [1.54, 1.807) is 29.2 Å². The lowest BCUT2D eigenvalue weighted by Crippen LogP contribution is -2.41. The number of anilines is 9. The van der Waals surface area contributed by atoms with Crippen LogP contribution in [0.2, 0.25) is 0 Å². The molecule has 0 saturated carbocycles. The molecule has 6 aliphatic heterocycles. The standard InChI is InChI=1S/C26H36FN5O3.C19H25FN4O2.C13H19BFNO2.C12H18IN3O2.C6H8F3N.ClH/c1-4-19-5-6-32(15-19)26(34)29-23-14-21(17(2)11-22(23)27)20-12-24(28-18(3)16-33)30-25(13-20)31-7-9-35-10-8-31;1-12-7-16(20)17(21)10-15(12)14-8-18(22-13(2)11-25)23-19(9-14)24-3-5-26-6-4-24;1-8-6-10(15)11(16)7-9(8)14-17-12(2,3)13(4,5)18-14;1-9(8-17)14-11-6-10(13)7-12(15-11)16-2-4-18-5-3-16;7-6(8,9)3-5-1-2-10-4-5;/h11-14,18-19,33H,4-10,15-16H2,1-3H3,(H,28,30)(H,29,34);7-10,13,25H,3-6,11,21H2,1-2H3,(H,22,23);6-7H,16H2,1-5H3;6-7,9,17H,2-5,8H2,1H3,(H,14,15);1,10H,2-4H2;1H/t18-,19-;13-;;9-;;/m11.1../s1. The summed E-state index contributed by atoms with van der Waals surface area (Å²) < 4.78 is 106. The van der Waals surface area contributed by atoms with Crippen molar-refractivity contribution in [2.75, 3.05) is 172 Å². The zero-order valence-corrected chi connectivity index (χ0v) is 66.6. The normalized spacial score (nSPS) is 18.2. The van der Waals surface area contributed by atoms with Crippen molar-refractivity contribution in [1.82, 2.24) is 25.2 Å². The number of nitrogens with one attached hydrogen (secondary N) is 5. The van der Waals surface area contributed by atoms with Crippen molar-refractivity contribution in [2.24, 2.45) is 5.92 Å². The van der Waals surface area contributed by atoms with Crippen LogP contribution in [0.4, 0.5) is 83.1 Å². The molecule has 3 aromatic heterocycles. The van der Waals surface area contributed by atoms with E-state index < -0.39 is 48.4 Å². The van der Waals surface area contributed by atoms with Crippen LogP contribution in [-0.2, 0) is 23.5 Å². The third-order valence-electron chi connectivity index (χ3n) is 19.3. The molecular weight excluding hydrogens is 1540 g/mol. The molecule has 12 N–H and O–H groups in total. The van der Waals surface area contributed by atoms with Crippen molar-refractivity contribution in [1.29, 1.82) is 0 Å². The number of aromatic nitrogens is 3. The number of ether oxygens (including phenoxy) is 3. The number of hydrogen-bond acceptors (Lipinski definition) is 21. The number of aliphatic hydroxyl groups is 3. The lowest BCUT2D eigenvalue weighted by Gasteiger charge is -2.32. The van der Waals surface area contributed by atoms with E-state index in [9.17, 15) is 41.4 Å². The van der Waals surface area contributed by atoms with Crippen LogP contribution in [-0.4, -0.2) is 209 Å². The number of carbonyl (C=O) groups excluding carboxylic acids is 1. The molecule has 0 spiro atoms. The van der Waals surface area contributed by atoms with Crippen LogP contribution in [0.5, 0.6) is 0 Å². The minimum Gasteiger partial charge on any atom is -0.399 e. The van der Waals surface area contributed by atoms with Crippen LogP contribution in [0, 0.1) is 47.7 Å². The first-order valence-corrected chi connectivity index (χ1v) is 37.4. The molecule has 594 valence electrons. The average molecular weight is 1650 g/mol. The number of benzene rings is 3. The third-order valence-corrected chi connectivity index (χ3v) is 19.9. The van der Waals surface area contributed by atoms with Gasteiger partial charge in [0, 0.05) is 87.1 Å². The van der Waals surface area contributed by atoms with Crippen molar-refractivity contribution in [3.8, 4) is 22.3 Å². The first-order valence-electron chi connectivity index (χ1n) is 36.4. The molecular formula is C76H107BClF6IN14O9. The molecule has 108 heavy (non-hydrogen) atoms. The fourth-order valence-corrected chi connectivity index (χ4v) is 12.8. The number of halogens is 8. The maximum absolute atomic E-state index is 14.9. The lowest BCUT2D eigenvalue weighted by molar-refractivity contribution is -0.127. The Morgan fingerprint density at radius 2 is 1.06 bits per heavy atom. The number of nitrogen functional groups attached to an aromatic ring is 2. The molecule has 9 heterocycles. The Balaban J connectivity index is 0.000000198. The fourth-order valence-electron chi connectivity index (χ4n) is 12.3. The number of nitrogens with zero attached hydrogens (tertiary/aromatic N) is 7. The summed E-state index contributed by atoms with van der Waals surface area (Å²) in [4.78, 5) is 35.1. The molecule has 6 aliphatic rings. The topological polar surface area (TPSA) is 288 Å². The number of urea groups is 1. The number of hydrogen-bond donors (Lipinski definition) is 10. The van der Waals surface area contributed by atoms with Crippen molar-refractivity contribution in [3.63, 3.8) is 0 Å². The van der Waals surface area contributed by atoms with E-state index in [1.807, 2.05) is 99.6 Å². The van der Waals surface area contributed by atoms with E-state index >= 15 is 0 Å². The maximum Gasteiger partial charge on any atom is 0.495 e. The van der Waals surface area contributed by atoms with Gasteiger partial charge in [-0.3, -0.25) is 0 Å². The van der Waals surface area contributed by atoms with E-state index in [4.69, 9.17) is 45.1 Å². The predicted molar refractivity (Wildman–Crippen MR) is 429 cm³/mol. The SMILES string of the molecule is CC[C@@H]1CCN(C(=O)Nc2cc(-c3cc(N[C@H](C)CO)nc(N4CCOCC4)c3)c(C)cc2F)C1.C[C@H](CO)Nc1cc(I)cc(N2CCOCC2)n1.Cc1cc(F)c(N)cc1-c1cc(N[C@H](C)CO)nc(N2CCOCC2)c1.Cc1cc(F)c(N)cc1B1OC(C)(C)C(C)(C)O1.Cl.FC(F)(F)CC1=CCNC1. The lowest BCUT2D eigenvalue weighted by atomic mass is 9.76.